The summed E-state index contributed by atoms with van der Waals surface area (Å²) in [4.78, 5) is 31.1. The summed E-state index contributed by atoms with van der Waals surface area (Å²) in [7, 11) is 0.371. The van der Waals surface area contributed by atoms with E-state index in [1.807, 2.05) is 13.8 Å². The van der Waals surface area contributed by atoms with Gasteiger partial charge in [-0.05, 0) is 62.8 Å². The van der Waals surface area contributed by atoms with Crippen molar-refractivity contribution in [2.45, 2.75) is 91.5 Å². The topological polar surface area (TPSA) is 125 Å². The standard InChI is InChI=1S/C32H48FN7O4Si/c1-21-8-10-24(11-9-21)29(37-31(41)26-14-15-34-39(26)16-17-43-4)32(42)36-27-13-12-25(30(33)35-27)28-22(2)38-40(23(28)3)20-44-18-19-45(5,6)7/h12-15,21,24,29H,8-11,16-20H2,1-7H3,(H,37,41)(H,35,36,42)/t21?,24?,29-/m0/s1. The van der Waals surface area contributed by atoms with Crippen LogP contribution in [0.25, 0.3) is 11.1 Å². The number of amides is 2. The van der Waals surface area contributed by atoms with E-state index in [-0.39, 0.29) is 11.7 Å². The first-order valence-electron chi connectivity index (χ1n) is 15.8. The second-order valence-electron chi connectivity index (χ2n) is 13.3. The molecule has 2 N–H and O–H groups in total. The van der Waals surface area contributed by atoms with Crippen molar-refractivity contribution in [1.82, 2.24) is 29.9 Å². The third-order valence-corrected chi connectivity index (χ3v) is 10.2. The molecular weight excluding hydrogens is 593 g/mol. The van der Waals surface area contributed by atoms with Crippen molar-refractivity contribution >= 4 is 25.7 Å². The van der Waals surface area contributed by atoms with Gasteiger partial charge in [0.15, 0.2) is 0 Å². The number of pyridine rings is 1. The van der Waals surface area contributed by atoms with Gasteiger partial charge in [-0.3, -0.25) is 14.3 Å². The molecular formula is C32H48FN7O4Si. The van der Waals surface area contributed by atoms with Crippen molar-refractivity contribution in [1.29, 1.82) is 0 Å². The Hall–Kier alpha value is -3.42. The second-order valence-corrected chi connectivity index (χ2v) is 18.9. The molecule has 13 heteroatoms. The Balaban J connectivity index is 1.49. The molecule has 1 aliphatic rings. The first-order chi connectivity index (χ1) is 21.4. The number of nitrogens with one attached hydrogen (secondary N) is 2. The number of methoxy groups -OCH3 is 1. The lowest BCUT2D eigenvalue weighted by Gasteiger charge is -2.32. The van der Waals surface area contributed by atoms with Crippen LogP contribution in [0.3, 0.4) is 0 Å². The summed E-state index contributed by atoms with van der Waals surface area (Å²) in [6.07, 6.45) is 5.08. The predicted molar refractivity (Wildman–Crippen MR) is 174 cm³/mol. The Labute approximate surface area is 266 Å². The van der Waals surface area contributed by atoms with Gasteiger partial charge < -0.3 is 20.1 Å². The molecule has 246 valence electrons. The lowest BCUT2D eigenvalue weighted by Crippen LogP contribution is -2.49. The molecule has 3 aromatic rings. The molecule has 3 aromatic heterocycles. The van der Waals surface area contributed by atoms with Gasteiger partial charge in [-0.2, -0.15) is 14.6 Å². The second kappa shape index (κ2) is 15.2. The number of hydrogen-bond acceptors (Lipinski definition) is 7. The van der Waals surface area contributed by atoms with Gasteiger partial charge in [0.25, 0.3) is 5.91 Å². The summed E-state index contributed by atoms with van der Waals surface area (Å²) in [5, 5.41) is 14.5. The molecule has 0 aromatic carbocycles. The van der Waals surface area contributed by atoms with Gasteiger partial charge in [0.2, 0.25) is 11.9 Å². The fourth-order valence-electron chi connectivity index (χ4n) is 5.75. The van der Waals surface area contributed by atoms with Gasteiger partial charge in [-0.15, -0.1) is 0 Å². The van der Waals surface area contributed by atoms with E-state index in [1.165, 1.54) is 0 Å². The molecule has 1 atom stereocenters. The molecule has 1 saturated carbocycles. The minimum absolute atomic E-state index is 0.0614. The number of ether oxygens (including phenoxy) is 2. The number of aryl methyl sites for hydroxylation is 1. The number of halogens is 1. The largest absolute Gasteiger partial charge is 0.383 e. The molecule has 11 nitrogen and oxygen atoms in total. The van der Waals surface area contributed by atoms with Crippen LogP contribution >= 0.6 is 0 Å². The minimum atomic E-state index is -1.21. The van der Waals surface area contributed by atoms with Gasteiger partial charge in [-0.1, -0.05) is 39.4 Å². The van der Waals surface area contributed by atoms with E-state index in [4.69, 9.17) is 9.47 Å². The fourth-order valence-corrected chi connectivity index (χ4v) is 6.51. The Morgan fingerprint density at radius 2 is 1.82 bits per heavy atom. The highest BCUT2D eigenvalue weighted by molar-refractivity contribution is 6.76. The molecule has 0 saturated heterocycles. The zero-order valence-corrected chi connectivity index (χ0v) is 28.7. The van der Waals surface area contributed by atoms with Crippen LogP contribution in [0.2, 0.25) is 25.7 Å². The first kappa shape index (κ1) is 34.5. The van der Waals surface area contributed by atoms with Gasteiger partial charge in [0, 0.05) is 44.8 Å². The molecule has 1 aliphatic carbocycles. The normalized spacial score (nSPS) is 17.7. The molecule has 3 heterocycles. The monoisotopic (exact) mass is 641 g/mol. The smallest absolute Gasteiger partial charge is 0.270 e. The maximum atomic E-state index is 15.5. The zero-order valence-electron chi connectivity index (χ0n) is 27.7. The number of hydrogen-bond donors (Lipinski definition) is 2. The zero-order chi connectivity index (χ0) is 32.7. The molecule has 0 spiro atoms. The van der Waals surface area contributed by atoms with E-state index >= 15 is 4.39 Å². The van der Waals surface area contributed by atoms with Gasteiger partial charge in [0.05, 0.1) is 18.8 Å². The number of nitrogens with zero attached hydrogens (tertiary/aromatic N) is 5. The number of rotatable bonds is 14. The Morgan fingerprint density at radius 3 is 2.49 bits per heavy atom. The predicted octanol–water partition coefficient (Wildman–Crippen LogP) is 5.42. The van der Waals surface area contributed by atoms with Crippen LogP contribution in [0.1, 0.15) is 54.5 Å². The lowest BCUT2D eigenvalue weighted by atomic mass is 9.79. The molecule has 0 aliphatic heterocycles. The van der Waals surface area contributed by atoms with Crippen molar-refractivity contribution in [3.8, 4) is 11.1 Å². The maximum absolute atomic E-state index is 15.5. The van der Waals surface area contributed by atoms with Crippen LogP contribution in [-0.2, 0) is 27.5 Å². The summed E-state index contributed by atoms with van der Waals surface area (Å²) in [6.45, 7) is 14.6. The minimum Gasteiger partial charge on any atom is -0.383 e. The maximum Gasteiger partial charge on any atom is 0.270 e. The summed E-state index contributed by atoms with van der Waals surface area (Å²) in [5.41, 5.74) is 2.73. The first-order valence-corrected chi connectivity index (χ1v) is 19.5. The summed E-state index contributed by atoms with van der Waals surface area (Å²) in [5.74, 6) is -0.967. The van der Waals surface area contributed by atoms with Crippen LogP contribution in [-0.4, -0.2) is 70.8 Å². The van der Waals surface area contributed by atoms with E-state index in [1.54, 1.807) is 40.9 Å². The third kappa shape index (κ3) is 9.07. The molecule has 1 fully saturated rings. The Kier molecular flexibility index (Phi) is 11.7. The van der Waals surface area contributed by atoms with E-state index in [0.29, 0.717) is 54.9 Å². The molecule has 0 radical (unpaired) electrons. The summed E-state index contributed by atoms with van der Waals surface area (Å²) in [6, 6.07) is 5.04. The number of carbonyl (C=O) groups is 2. The van der Waals surface area contributed by atoms with Gasteiger partial charge in [-0.25, -0.2) is 9.67 Å². The fraction of sp³-hybridized carbons (Fsp3) is 0.594. The molecule has 4 rings (SSSR count). The number of carbonyl (C=O) groups excluding carboxylic acids is 2. The van der Waals surface area contributed by atoms with Crippen LogP contribution in [0.5, 0.6) is 0 Å². The van der Waals surface area contributed by atoms with Gasteiger partial charge >= 0.3 is 0 Å². The molecule has 0 unspecified atom stereocenters. The molecule has 45 heavy (non-hydrogen) atoms. The van der Waals surface area contributed by atoms with Crippen molar-refractivity contribution in [2.75, 3.05) is 25.6 Å². The Morgan fingerprint density at radius 1 is 1.09 bits per heavy atom. The molecule has 0 bridgehead atoms. The summed E-state index contributed by atoms with van der Waals surface area (Å²) < 4.78 is 29.8. The highest BCUT2D eigenvalue weighted by Gasteiger charge is 2.33. The lowest BCUT2D eigenvalue weighted by molar-refractivity contribution is -0.119. The van der Waals surface area contributed by atoms with Crippen LogP contribution < -0.4 is 10.6 Å². The van der Waals surface area contributed by atoms with Crippen LogP contribution in [0.4, 0.5) is 10.2 Å². The van der Waals surface area contributed by atoms with Crippen LogP contribution in [0, 0.1) is 31.6 Å². The van der Waals surface area contributed by atoms with Gasteiger partial charge in [0.1, 0.15) is 24.3 Å². The SMILES string of the molecule is COCCn1nccc1C(=O)N[C@H](C(=O)Nc1ccc(-c2c(C)nn(COCC[Si](C)(C)C)c2C)c(F)n1)C1CCC(C)CC1. The third-order valence-electron chi connectivity index (χ3n) is 8.52. The summed E-state index contributed by atoms with van der Waals surface area (Å²) >= 11 is 0. The van der Waals surface area contributed by atoms with Crippen molar-refractivity contribution in [2.24, 2.45) is 11.8 Å². The average Bonchev–Trinajstić information content (AvgIpc) is 3.56. The average molecular weight is 642 g/mol. The van der Waals surface area contributed by atoms with E-state index in [0.717, 1.165) is 37.4 Å². The van der Waals surface area contributed by atoms with E-state index in [2.05, 4.69) is 52.4 Å². The van der Waals surface area contributed by atoms with E-state index in [9.17, 15) is 9.59 Å². The Bertz CT molecular complexity index is 1460. The van der Waals surface area contributed by atoms with Crippen molar-refractivity contribution in [3.05, 3.63) is 47.4 Å². The van der Waals surface area contributed by atoms with Crippen molar-refractivity contribution < 1.29 is 23.5 Å². The highest BCUT2D eigenvalue weighted by atomic mass is 28.3. The number of anilines is 1. The van der Waals surface area contributed by atoms with Crippen LogP contribution in [0.15, 0.2) is 24.4 Å². The van der Waals surface area contributed by atoms with E-state index < -0.39 is 31.9 Å². The van der Waals surface area contributed by atoms with Crippen molar-refractivity contribution in [3.63, 3.8) is 0 Å². The number of aromatic nitrogens is 5. The highest BCUT2D eigenvalue weighted by Crippen LogP contribution is 2.32. The quantitative estimate of drug-likeness (QED) is 0.137. The molecule has 2 amide bonds.